The lowest BCUT2D eigenvalue weighted by Crippen LogP contribution is -2.37. The van der Waals surface area contributed by atoms with Gasteiger partial charge in [0.05, 0.1) is 6.07 Å². The van der Waals surface area contributed by atoms with E-state index in [1.807, 2.05) is 18.2 Å². The van der Waals surface area contributed by atoms with E-state index in [0.29, 0.717) is 5.75 Å². The highest BCUT2D eigenvalue weighted by Crippen LogP contribution is 2.36. The Labute approximate surface area is 121 Å². The number of rotatable bonds is 6. The molecule has 0 aromatic heterocycles. The van der Waals surface area contributed by atoms with Gasteiger partial charge in [0, 0.05) is 0 Å². The quantitative estimate of drug-likeness (QED) is 0.743. The molecule has 0 unspecified atom stereocenters. The molecule has 0 fully saturated rings. The number of ether oxygens (including phenoxy) is 2. The second-order valence-corrected chi connectivity index (χ2v) is 9.71. The van der Waals surface area contributed by atoms with Gasteiger partial charge in [-0.1, -0.05) is 26.8 Å². The number of benzene rings is 1. The van der Waals surface area contributed by atoms with Crippen LogP contribution in [0.2, 0.25) is 18.1 Å². The maximum atomic E-state index is 9.45. The Balaban J connectivity index is 2.22. The second kappa shape index (κ2) is 6.29. The molecule has 1 heterocycles. The first kappa shape index (κ1) is 14.9. The lowest BCUT2D eigenvalue weighted by atomic mass is 10.1. The van der Waals surface area contributed by atoms with E-state index in [0.717, 1.165) is 29.4 Å². The minimum absolute atomic E-state index is 0.244. The minimum Gasteiger partial charge on any atom is -0.454 e. The first-order valence-electron chi connectivity index (χ1n) is 7.15. The van der Waals surface area contributed by atoms with Crippen LogP contribution < -0.4 is 9.47 Å². The predicted molar refractivity (Wildman–Crippen MR) is 79.2 cm³/mol. The number of hydrogen-bond acceptors (Lipinski definition) is 4. The van der Waals surface area contributed by atoms with Gasteiger partial charge in [0.25, 0.3) is 0 Å². The fraction of sp³-hybridized carbons (Fsp3) is 0.533. The highest BCUT2D eigenvalue weighted by Gasteiger charge is 2.33. The molecular formula is C15H21NO3Si. The third-order valence-corrected chi connectivity index (χ3v) is 8.72. The Morgan fingerprint density at radius 1 is 1.20 bits per heavy atom. The number of hydrogen-bond donors (Lipinski definition) is 0. The lowest BCUT2D eigenvalue weighted by molar-refractivity contribution is 0.173. The average Bonchev–Trinajstić information content (AvgIpc) is 2.97. The summed E-state index contributed by atoms with van der Waals surface area (Å²) in [6.07, 6.45) is -0.518. The molecule has 0 saturated heterocycles. The van der Waals surface area contributed by atoms with Crippen LogP contribution in [-0.4, -0.2) is 15.1 Å². The normalized spacial score (nSPS) is 14.9. The van der Waals surface area contributed by atoms with Gasteiger partial charge in [-0.2, -0.15) is 5.26 Å². The molecule has 0 aliphatic carbocycles. The van der Waals surface area contributed by atoms with E-state index in [4.69, 9.17) is 13.9 Å². The molecule has 0 N–H and O–H groups in total. The fourth-order valence-electron chi connectivity index (χ4n) is 2.50. The van der Waals surface area contributed by atoms with E-state index in [-0.39, 0.29) is 6.79 Å². The van der Waals surface area contributed by atoms with Gasteiger partial charge in [0.2, 0.25) is 6.79 Å². The number of nitriles is 1. The highest BCUT2D eigenvalue weighted by atomic mass is 28.4. The van der Waals surface area contributed by atoms with Gasteiger partial charge < -0.3 is 13.9 Å². The summed E-state index contributed by atoms with van der Waals surface area (Å²) in [7, 11) is -1.80. The molecule has 0 radical (unpaired) electrons. The summed E-state index contributed by atoms with van der Waals surface area (Å²) in [5, 5.41) is 9.45. The minimum atomic E-state index is -1.80. The zero-order valence-corrected chi connectivity index (χ0v) is 13.3. The van der Waals surface area contributed by atoms with Crippen molar-refractivity contribution in [3.05, 3.63) is 23.8 Å². The Kier molecular flexibility index (Phi) is 4.68. The first-order valence-corrected chi connectivity index (χ1v) is 9.68. The van der Waals surface area contributed by atoms with Gasteiger partial charge in [-0.05, 0) is 35.8 Å². The van der Waals surface area contributed by atoms with Crippen LogP contribution in [0.25, 0.3) is 0 Å². The van der Waals surface area contributed by atoms with E-state index in [2.05, 4.69) is 26.8 Å². The molecule has 1 aliphatic heterocycles. The molecule has 0 saturated carbocycles. The predicted octanol–water partition coefficient (Wildman–Crippen LogP) is 4.00. The lowest BCUT2D eigenvalue weighted by Gasteiger charge is -2.30. The van der Waals surface area contributed by atoms with Gasteiger partial charge in [0.15, 0.2) is 25.9 Å². The standard InChI is InChI=1S/C15H21NO3Si/c1-4-20(5-2,6-3)19-15(10-16)12-7-8-13-14(9-12)18-11-17-13/h7-9,15H,4-6,11H2,1-3H3/t15-/m1/s1. The van der Waals surface area contributed by atoms with Crippen molar-refractivity contribution in [2.75, 3.05) is 6.79 Å². The van der Waals surface area contributed by atoms with Crippen molar-refractivity contribution in [1.29, 1.82) is 5.26 Å². The van der Waals surface area contributed by atoms with Crippen LogP contribution in [-0.2, 0) is 4.43 Å². The third kappa shape index (κ3) is 2.81. The van der Waals surface area contributed by atoms with E-state index in [1.165, 1.54) is 0 Å². The molecule has 0 spiro atoms. The SMILES string of the molecule is CC[Si](CC)(CC)O[C@H](C#N)c1ccc2c(c1)OCO2. The zero-order chi connectivity index (χ0) is 14.6. The van der Waals surface area contributed by atoms with Crippen molar-refractivity contribution >= 4 is 8.32 Å². The summed E-state index contributed by atoms with van der Waals surface area (Å²) in [5.41, 5.74) is 0.851. The number of nitrogens with zero attached hydrogens (tertiary/aromatic N) is 1. The Bertz CT molecular complexity index is 500. The molecule has 1 atom stereocenters. The first-order chi connectivity index (χ1) is 9.68. The van der Waals surface area contributed by atoms with Gasteiger partial charge >= 0.3 is 0 Å². The average molecular weight is 291 g/mol. The van der Waals surface area contributed by atoms with E-state index in [9.17, 15) is 5.26 Å². The molecule has 2 rings (SSSR count). The van der Waals surface area contributed by atoms with Gasteiger partial charge in [-0.25, -0.2) is 0 Å². The van der Waals surface area contributed by atoms with E-state index < -0.39 is 14.4 Å². The summed E-state index contributed by atoms with van der Waals surface area (Å²) in [4.78, 5) is 0. The van der Waals surface area contributed by atoms with Crippen molar-refractivity contribution in [1.82, 2.24) is 0 Å². The highest BCUT2D eigenvalue weighted by molar-refractivity contribution is 6.73. The van der Waals surface area contributed by atoms with Crippen molar-refractivity contribution in [3.63, 3.8) is 0 Å². The maximum absolute atomic E-state index is 9.45. The second-order valence-electron chi connectivity index (χ2n) is 4.98. The smallest absolute Gasteiger partial charge is 0.231 e. The largest absolute Gasteiger partial charge is 0.454 e. The molecule has 0 amide bonds. The monoisotopic (exact) mass is 291 g/mol. The van der Waals surface area contributed by atoms with Gasteiger partial charge in [0.1, 0.15) is 0 Å². The summed E-state index contributed by atoms with van der Waals surface area (Å²) in [6, 6.07) is 11.0. The molecule has 0 bridgehead atoms. The molecule has 1 aromatic rings. The van der Waals surface area contributed by atoms with Crippen LogP contribution in [0.5, 0.6) is 11.5 Å². The van der Waals surface area contributed by atoms with Crippen LogP contribution >= 0.6 is 0 Å². The van der Waals surface area contributed by atoms with Crippen molar-refractivity contribution in [3.8, 4) is 17.6 Å². The molecule has 4 nitrogen and oxygen atoms in total. The van der Waals surface area contributed by atoms with E-state index in [1.54, 1.807) is 0 Å². The summed E-state index contributed by atoms with van der Waals surface area (Å²) >= 11 is 0. The van der Waals surface area contributed by atoms with Crippen LogP contribution in [0.15, 0.2) is 18.2 Å². The van der Waals surface area contributed by atoms with E-state index >= 15 is 0 Å². The zero-order valence-electron chi connectivity index (χ0n) is 12.3. The van der Waals surface area contributed by atoms with Gasteiger partial charge in [-0.3, -0.25) is 0 Å². The van der Waals surface area contributed by atoms with Crippen molar-refractivity contribution in [2.45, 2.75) is 45.0 Å². The molecular weight excluding hydrogens is 270 g/mol. The topological polar surface area (TPSA) is 51.5 Å². The molecule has 5 heteroatoms. The third-order valence-electron chi connectivity index (χ3n) is 4.12. The maximum Gasteiger partial charge on any atom is 0.231 e. The molecule has 1 aromatic carbocycles. The molecule has 1 aliphatic rings. The van der Waals surface area contributed by atoms with Gasteiger partial charge in [-0.15, -0.1) is 0 Å². The fourth-order valence-corrected chi connectivity index (χ4v) is 5.18. The van der Waals surface area contributed by atoms with Crippen LogP contribution in [0.1, 0.15) is 32.4 Å². The van der Waals surface area contributed by atoms with Crippen LogP contribution in [0, 0.1) is 11.3 Å². The Morgan fingerprint density at radius 2 is 1.85 bits per heavy atom. The summed E-state index contributed by atoms with van der Waals surface area (Å²) in [6.45, 7) is 6.72. The van der Waals surface area contributed by atoms with Crippen LogP contribution in [0.4, 0.5) is 0 Å². The van der Waals surface area contributed by atoms with Crippen LogP contribution in [0.3, 0.4) is 0 Å². The summed E-state index contributed by atoms with van der Waals surface area (Å²) in [5.74, 6) is 1.43. The van der Waals surface area contributed by atoms with Crippen molar-refractivity contribution < 1.29 is 13.9 Å². The number of fused-ring (bicyclic) bond motifs is 1. The van der Waals surface area contributed by atoms with Crippen molar-refractivity contribution in [2.24, 2.45) is 0 Å². The summed E-state index contributed by atoms with van der Waals surface area (Å²) < 4.78 is 16.9. The molecule has 108 valence electrons. The Morgan fingerprint density at radius 3 is 2.45 bits per heavy atom. The Hall–Kier alpha value is -1.51. The molecule has 20 heavy (non-hydrogen) atoms.